The third-order valence-electron chi connectivity index (χ3n) is 11.2. The molecule has 12 aromatic rings. The lowest BCUT2D eigenvalue weighted by molar-refractivity contribution is 0.672. The molecule has 3 heterocycles. The Labute approximate surface area is 315 Å². The number of fused-ring (bicyclic) bond motifs is 6. The number of rotatable bonds is 4. The number of para-hydroxylation sites is 1. The zero-order chi connectivity index (χ0) is 36.0. The third kappa shape index (κ3) is 4.49. The zero-order valence-electron chi connectivity index (χ0n) is 29.5. The lowest BCUT2D eigenvalue weighted by Crippen LogP contribution is -1.98. The van der Waals surface area contributed by atoms with Gasteiger partial charge in [-0.2, -0.15) is 0 Å². The first-order valence-electron chi connectivity index (χ1n) is 18.6. The second-order valence-corrected chi connectivity index (χ2v) is 14.3. The highest BCUT2D eigenvalue weighted by Gasteiger charge is 2.21. The molecule has 3 aromatic heterocycles. The predicted octanol–water partition coefficient (Wildman–Crippen LogP) is 13.6. The topological polar surface area (TPSA) is 51.8 Å². The summed E-state index contributed by atoms with van der Waals surface area (Å²) < 4.78 is 6.40. The summed E-state index contributed by atoms with van der Waals surface area (Å²) in [5.41, 5.74) is 9.37. The van der Waals surface area contributed by atoms with Gasteiger partial charge in [-0.3, -0.25) is 0 Å². The van der Waals surface area contributed by atoms with Crippen molar-refractivity contribution in [2.75, 3.05) is 0 Å². The van der Waals surface area contributed by atoms with Gasteiger partial charge in [0.05, 0.1) is 17.1 Å². The maximum atomic E-state index is 6.40. The molecule has 0 radical (unpaired) electrons. The van der Waals surface area contributed by atoms with Gasteiger partial charge in [0.1, 0.15) is 11.1 Å². The Hall–Kier alpha value is -7.43. The van der Waals surface area contributed by atoms with Crippen LogP contribution in [0.25, 0.3) is 121 Å². The number of hydrogen-bond donors (Lipinski definition) is 0. The van der Waals surface area contributed by atoms with Gasteiger partial charge in [0.15, 0.2) is 11.4 Å². The Balaban J connectivity index is 1.11. The van der Waals surface area contributed by atoms with E-state index in [4.69, 9.17) is 19.4 Å². The van der Waals surface area contributed by atoms with Crippen molar-refractivity contribution in [3.8, 4) is 45.2 Å². The Bertz CT molecular complexity index is 3480. The number of furan rings is 1. The van der Waals surface area contributed by atoms with Gasteiger partial charge in [-0.25, -0.2) is 15.0 Å². The Morgan fingerprint density at radius 3 is 1.71 bits per heavy atom. The molecule has 0 aliphatic carbocycles. The number of benzene rings is 9. The summed E-state index contributed by atoms with van der Waals surface area (Å²) in [6.45, 7) is 0. The highest BCUT2D eigenvalue weighted by molar-refractivity contribution is 6.25. The standard InChI is InChI=1S/C51H29N3O/c1-2-11-33(12-3-1)51-52-43(29-44(53-51)37-25-23-32-22-21-30-13-10-14-31-24-26-38(37)47(32)46(30)31)36-27-28-40(35-16-5-4-15-34(35)36)48-39-17-6-7-18-41(39)50-49(54-48)42-19-8-9-20-45(42)55-50/h1-29H. The summed E-state index contributed by atoms with van der Waals surface area (Å²) >= 11 is 0. The lowest BCUT2D eigenvalue weighted by Gasteiger charge is -2.16. The van der Waals surface area contributed by atoms with E-state index in [0.717, 1.165) is 82.9 Å². The van der Waals surface area contributed by atoms with E-state index in [1.165, 1.54) is 32.3 Å². The number of hydrogen-bond acceptors (Lipinski definition) is 4. The van der Waals surface area contributed by atoms with Crippen LogP contribution in [-0.4, -0.2) is 15.0 Å². The minimum Gasteiger partial charge on any atom is -0.454 e. The van der Waals surface area contributed by atoms with Gasteiger partial charge < -0.3 is 4.42 Å². The van der Waals surface area contributed by atoms with Gasteiger partial charge in [0.25, 0.3) is 0 Å². The maximum absolute atomic E-state index is 6.40. The fraction of sp³-hybridized carbons (Fsp3) is 0. The van der Waals surface area contributed by atoms with Crippen molar-refractivity contribution in [2.24, 2.45) is 0 Å². The molecule has 0 amide bonds. The number of nitrogens with zero attached hydrogens (tertiary/aromatic N) is 3. The Morgan fingerprint density at radius 1 is 0.364 bits per heavy atom. The molecule has 12 rings (SSSR count). The summed E-state index contributed by atoms with van der Waals surface area (Å²) in [4.78, 5) is 15.9. The molecule has 4 heteroatoms. The van der Waals surface area contributed by atoms with Crippen LogP contribution < -0.4 is 0 Å². The molecule has 0 saturated carbocycles. The van der Waals surface area contributed by atoms with E-state index in [0.29, 0.717) is 5.82 Å². The van der Waals surface area contributed by atoms with Crippen LogP contribution in [0.4, 0.5) is 0 Å². The quantitative estimate of drug-likeness (QED) is 0.172. The molecule has 0 unspecified atom stereocenters. The molecular weight excluding hydrogens is 671 g/mol. The van der Waals surface area contributed by atoms with E-state index in [9.17, 15) is 0 Å². The van der Waals surface area contributed by atoms with Crippen molar-refractivity contribution in [3.63, 3.8) is 0 Å². The average Bonchev–Trinajstić information content (AvgIpc) is 3.64. The molecule has 0 spiro atoms. The summed E-state index contributed by atoms with van der Waals surface area (Å²) in [5.74, 6) is 0.692. The SMILES string of the molecule is c1ccc(-c2nc(-c3ccc(-c4nc5c6ccccc6oc5c5ccccc45)c4ccccc34)cc(-c3ccc4ccc5cccc6ccc3c4c56)n2)cc1. The van der Waals surface area contributed by atoms with Crippen LogP contribution in [0.1, 0.15) is 0 Å². The van der Waals surface area contributed by atoms with Gasteiger partial charge in [0, 0.05) is 38.4 Å². The van der Waals surface area contributed by atoms with Crippen LogP contribution >= 0.6 is 0 Å². The molecule has 0 bridgehead atoms. The Kier molecular flexibility index (Phi) is 6.31. The van der Waals surface area contributed by atoms with E-state index < -0.39 is 0 Å². The van der Waals surface area contributed by atoms with Crippen LogP contribution in [0.15, 0.2) is 180 Å². The highest BCUT2D eigenvalue weighted by atomic mass is 16.3. The largest absolute Gasteiger partial charge is 0.454 e. The van der Waals surface area contributed by atoms with Crippen molar-refractivity contribution >= 4 is 75.9 Å². The van der Waals surface area contributed by atoms with Crippen molar-refractivity contribution in [1.82, 2.24) is 15.0 Å². The van der Waals surface area contributed by atoms with Crippen LogP contribution in [-0.2, 0) is 0 Å². The van der Waals surface area contributed by atoms with Gasteiger partial charge >= 0.3 is 0 Å². The maximum Gasteiger partial charge on any atom is 0.161 e. The van der Waals surface area contributed by atoms with Crippen LogP contribution in [0.5, 0.6) is 0 Å². The first-order valence-corrected chi connectivity index (χ1v) is 18.6. The van der Waals surface area contributed by atoms with Gasteiger partial charge in [-0.15, -0.1) is 0 Å². The van der Waals surface area contributed by atoms with E-state index in [1.54, 1.807) is 0 Å². The highest BCUT2D eigenvalue weighted by Crippen LogP contribution is 2.43. The first kappa shape index (κ1) is 30.1. The van der Waals surface area contributed by atoms with Crippen molar-refractivity contribution < 1.29 is 4.42 Å². The minimum atomic E-state index is 0.692. The summed E-state index contributed by atoms with van der Waals surface area (Å²) in [6.07, 6.45) is 0. The average molecular weight is 700 g/mol. The molecule has 9 aromatic carbocycles. The normalized spacial score (nSPS) is 12.0. The van der Waals surface area contributed by atoms with Crippen LogP contribution in [0.2, 0.25) is 0 Å². The summed E-state index contributed by atoms with van der Waals surface area (Å²) in [6, 6.07) is 62.0. The van der Waals surface area contributed by atoms with Crippen molar-refractivity contribution in [2.45, 2.75) is 0 Å². The fourth-order valence-corrected chi connectivity index (χ4v) is 8.72. The molecule has 254 valence electrons. The Morgan fingerprint density at radius 2 is 0.927 bits per heavy atom. The van der Waals surface area contributed by atoms with E-state index in [2.05, 4.69) is 140 Å². The molecule has 55 heavy (non-hydrogen) atoms. The van der Waals surface area contributed by atoms with Gasteiger partial charge in [0.2, 0.25) is 0 Å². The predicted molar refractivity (Wildman–Crippen MR) is 228 cm³/mol. The molecule has 0 N–H and O–H groups in total. The van der Waals surface area contributed by atoms with Crippen LogP contribution in [0, 0.1) is 0 Å². The molecular formula is C51H29N3O. The minimum absolute atomic E-state index is 0.692. The molecule has 4 nitrogen and oxygen atoms in total. The summed E-state index contributed by atoms with van der Waals surface area (Å²) in [7, 11) is 0. The molecule has 0 fully saturated rings. The summed E-state index contributed by atoms with van der Waals surface area (Å²) in [5, 5.41) is 12.8. The van der Waals surface area contributed by atoms with E-state index in [-0.39, 0.29) is 0 Å². The second-order valence-electron chi connectivity index (χ2n) is 14.3. The van der Waals surface area contributed by atoms with Gasteiger partial charge in [-0.1, -0.05) is 158 Å². The third-order valence-corrected chi connectivity index (χ3v) is 11.2. The smallest absolute Gasteiger partial charge is 0.161 e. The van der Waals surface area contributed by atoms with E-state index >= 15 is 0 Å². The number of aromatic nitrogens is 3. The number of pyridine rings is 1. The molecule has 0 atom stereocenters. The molecule has 0 saturated heterocycles. The second kappa shape index (κ2) is 11.5. The fourth-order valence-electron chi connectivity index (χ4n) is 8.72. The van der Waals surface area contributed by atoms with E-state index in [1.807, 2.05) is 36.4 Å². The van der Waals surface area contributed by atoms with Crippen molar-refractivity contribution in [3.05, 3.63) is 176 Å². The molecule has 0 aliphatic heterocycles. The van der Waals surface area contributed by atoms with Gasteiger partial charge in [-0.05, 0) is 61.3 Å². The van der Waals surface area contributed by atoms with Crippen molar-refractivity contribution in [1.29, 1.82) is 0 Å². The van der Waals surface area contributed by atoms with Crippen LogP contribution in [0.3, 0.4) is 0 Å². The first-order chi connectivity index (χ1) is 27.3. The monoisotopic (exact) mass is 699 g/mol. The lowest BCUT2D eigenvalue weighted by atomic mass is 9.90. The zero-order valence-corrected chi connectivity index (χ0v) is 29.5. The molecule has 0 aliphatic rings.